The molecule has 0 aliphatic carbocycles. The molecule has 0 amide bonds. The van der Waals surface area contributed by atoms with Gasteiger partial charge in [-0.15, -0.1) is 0 Å². The van der Waals surface area contributed by atoms with E-state index in [1.807, 2.05) is 60.3 Å². The van der Waals surface area contributed by atoms with Gasteiger partial charge in [0.2, 0.25) is 0 Å². The molecule has 0 aliphatic heterocycles. The van der Waals surface area contributed by atoms with E-state index >= 15 is 0 Å². The van der Waals surface area contributed by atoms with Crippen molar-refractivity contribution in [1.29, 1.82) is 0 Å². The number of ether oxygens (including phenoxy) is 1. The quantitative estimate of drug-likeness (QED) is 0.239. The van der Waals surface area contributed by atoms with Crippen molar-refractivity contribution in [2.45, 2.75) is 12.8 Å². The first-order valence-electron chi connectivity index (χ1n) is 11.1. The third kappa shape index (κ3) is 6.53. The zero-order valence-electron chi connectivity index (χ0n) is 19.1. The molecule has 0 saturated heterocycles. The molecule has 0 aliphatic rings. The van der Waals surface area contributed by atoms with Crippen LogP contribution in [0, 0.1) is 0 Å². The van der Waals surface area contributed by atoms with Crippen molar-refractivity contribution in [2.75, 3.05) is 6.61 Å². The number of aryl methyl sites for hydroxylation is 1. The summed E-state index contributed by atoms with van der Waals surface area (Å²) in [6.45, 7) is 0.386. The van der Waals surface area contributed by atoms with Crippen molar-refractivity contribution in [3.05, 3.63) is 94.4 Å². The van der Waals surface area contributed by atoms with Gasteiger partial charge in [-0.1, -0.05) is 65.7 Å². The third-order valence-electron chi connectivity index (χ3n) is 5.45. The maximum Gasteiger partial charge on any atom is 0.303 e. The van der Waals surface area contributed by atoms with Crippen LogP contribution in [0.4, 0.5) is 0 Å². The Labute approximate surface area is 214 Å². The molecule has 7 heteroatoms. The second kappa shape index (κ2) is 11.3. The van der Waals surface area contributed by atoms with E-state index in [0.717, 1.165) is 39.5 Å². The highest BCUT2D eigenvalue weighted by Crippen LogP contribution is 2.30. The maximum absolute atomic E-state index is 10.6. The van der Waals surface area contributed by atoms with Crippen LogP contribution < -0.4 is 4.74 Å². The molecule has 1 N–H and O–H groups in total. The number of carboxylic acids is 1. The van der Waals surface area contributed by atoms with E-state index in [-0.39, 0.29) is 6.42 Å². The van der Waals surface area contributed by atoms with Gasteiger partial charge in [-0.3, -0.25) is 4.79 Å². The summed E-state index contributed by atoms with van der Waals surface area (Å²) in [5.41, 5.74) is 4.86. The summed E-state index contributed by atoms with van der Waals surface area (Å²) < 4.78 is 7.55. The van der Waals surface area contributed by atoms with E-state index in [1.54, 1.807) is 12.1 Å². The van der Waals surface area contributed by atoms with Crippen LogP contribution in [-0.2, 0) is 11.8 Å². The summed E-state index contributed by atoms with van der Waals surface area (Å²) >= 11 is 12.3. The van der Waals surface area contributed by atoms with Gasteiger partial charge in [0.05, 0.1) is 17.3 Å². The van der Waals surface area contributed by atoms with E-state index in [0.29, 0.717) is 23.1 Å². The highest BCUT2D eigenvalue weighted by Gasteiger charge is 2.09. The molecule has 0 atom stereocenters. The molecule has 5 nitrogen and oxygen atoms in total. The Morgan fingerprint density at radius 1 is 1.00 bits per heavy atom. The molecule has 0 bridgehead atoms. The van der Waals surface area contributed by atoms with Crippen LogP contribution in [0.25, 0.3) is 34.5 Å². The van der Waals surface area contributed by atoms with E-state index in [9.17, 15) is 4.79 Å². The van der Waals surface area contributed by atoms with E-state index in [1.165, 1.54) is 0 Å². The number of nitrogens with zero attached hydrogens (tertiary/aromatic N) is 2. The van der Waals surface area contributed by atoms with Crippen LogP contribution >= 0.6 is 23.2 Å². The summed E-state index contributed by atoms with van der Waals surface area (Å²) in [4.78, 5) is 15.3. The Morgan fingerprint density at radius 3 is 2.34 bits per heavy atom. The SMILES string of the molecule is Cn1cc(-c2ccc(Cl)cc2Cl)nc1/C=C/c1ccc(-c2ccc(OCCCC(=O)O)cc2)cc1. The number of aromatic nitrogens is 2. The second-order valence-corrected chi connectivity index (χ2v) is 8.89. The van der Waals surface area contributed by atoms with Crippen molar-refractivity contribution >= 4 is 41.3 Å². The summed E-state index contributed by atoms with van der Waals surface area (Å²) in [5, 5.41) is 9.85. The van der Waals surface area contributed by atoms with Crippen LogP contribution in [0.3, 0.4) is 0 Å². The third-order valence-corrected chi connectivity index (χ3v) is 5.99. The molecule has 4 rings (SSSR count). The number of hydrogen-bond acceptors (Lipinski definition) is 3. The van der Waals surface area contributed by atoms with Crippen molar-refractivity contribution in [3.8, 4) is 28.1 Å². The van der Waals surface area contributed by atoms with E-state index in [2.05, 4.69) is 24.3 Å². The fourth-order valence-corrected chi connectivity index (χ4v) is 4.08. The van der Waals surface area contributed by atoms with Gasteiger partial charge < -0.3 is 14.4 Å². The van der Waals surface area contributed by atoms with Crippen molar-refractivity contribution < 1.29 is 14.6 Å². The molecule has 3 aromatic carbocycles. The van der Waals surface area contributed by atoms with Gasteiger partial charge in [0.1, 0.15) is 11.6 Å². The minimum absolute atomic E-state index is 0.108. The minimum atomic E-state index is -0.810. The lowest BCUT2D eigenvalue weighted by Gasteiger charge is -2.07. The molecule has 1 heterocycles. The summed E-state index contributed by atoms with van der Waals surface area (Å²) in [7, 11) is 1.95. The number of carbonyl (C=O) groups is 1. The Morgan fingerprint density at radius 2 is 1.69 bits per heavy atom. The average molecular weight is 507 g/mol. The number of imidazole rings is 1. The maximum atomic E-state index is 10.6. The molecule has 4 aromatic rings. The van der Waals surface area contributed by atoms with Gasteiger partial charge in [-0.25, -0.2) is 4.98 Å². The standard InChI is InChI=1S/C28H24Cl2N2O3/c1-32-18-26(24-14-11-22(29)17-25(24)30)31-27(32)15-6-19-4-7-20(8-5-19)21-9-12-23(13-10-21)35-16-2-3-28(33)34/h4-15,17-18H,2-3,16H2,1H3,(H,33,34)/b15-6+. The average Bonchev–Trinajstić information content (AvgIpc) is 3.21. The van der Waals surface area contributed by atoms with Crippen LogP contribution in [0.1, 0.15) is 24.2 Å². The second-order valence-electron chi connectivity index (χ2n) is 8.04. The molecule has 0 saturated carbocycles. The number of aliphatic carboxylic acids is 1. The number of halogens is 2. The summed E-state index contributed by atoms with van der Waals surface area (Å²) in [6.07, 6.45) is 6.53. The fraction of sp³-hybridized carbons (Fsp3) is 0.143. The van der Waals surface area contributed by atoms with Crippen molar-refractivity contribution in [3.63, 3.8) is 0 Å². The van der Waals surface area contributed by atoms with Gasteiger partial charge in [0.15, 0.2) is 0 Å². The van der Waals surface area contributed by atoms with Gasteiger partial charge in [-0.05, 0) is 59.5 Å². The van der Waals surface area contributed by atoms with Crippen molar-refractivity contribution in [1.82, 2.24) is 9.55 Å². The van der Waals surface area contributed by atoms with Crippen LogP contribution in [0.2, 0.25) is 10.0 Å². The zero-order chi connectivity index (χ0) is 24.8. The molecule has 0 radical (unpaired) electrons. The minimum Gasteiger partial charge on any atom is -0.494 e. The molecule has 0 spiro atoms. The van der Waals surface area contributed by atoms with Gasteiger partial charge >= 0.3 is 5.97 Å². The predicted molar refractivity (Wildman–Crippen MR) is 142 cm³/mol. The summed E-state index contributed by atoms with van der Waals surface area (Å²) in [5.74, 6) is 0.733. The molecule has 35 heavy (non-hydrogen) atoms. The van der Waals surface area contributed by atoms with Gasteiger partial charge in [0, 0.05) is 30.3 Å². The molecule has 178 valence electrons. The first-order chi connectivity index (χ1) is 16.9. The molecule has 0 fully saturated rings. The van der Waals surface area contributed by atoms with E-state index < -0.39 is 5.97 Å². The monoisotopic (exact) mass is 506 g/mol. The Balaban J connectivity index is 1.40. The van der Waals surface area contributed by atoms with Crippen LogP contribution in [0.5, 0.6) is 5.75 Å². The first-order valence-corrected chi connectivity index (χ1v) is 11.9. The molecular formula is C28H24Cl2N2O3. The summed E-state index contributed by atoms with van der Waals surface area (Å²) in [6, 6.07) is 21.4. The fourth-order valence-electron chi connectivity index (χ4n) is 3.58. The zero-order valence-corrected chi connectivity index (χ0v) is 20.6. The number of carboxylic acid groups (broad SMARTS) is 1. The topological polar surface area (TPSA) is 64.4 Å². The highest BCUT2D eigenvalue weighted by molar-refractivity contribution is 6.36. The highest BCUT2D eigenvalue weighted by atomic mass is 35.5. The van der Waals surface area contributed by atoms with Gasteiger partial charge in [-0.2, -0.15) is 0 Å². The number of rotatable bonds is 9. The normalized spacial score (nSPS) is 11.2. The predicted octanol–water partition coefficient (Wildman–Crippen LogP) is 7.47. The Kier molecular flexibility index (Phi) is 7.91. The lowest BCUT2D eigenvalue weighted by Crippen LogP contribution is -2.01. The first kappa shape index (κ1) is 24.6. The largest absolute Gasteiger partial charge is 0.494 e. The Hall–Kier alpha value is -3.54. The van der Waals surface area contributed by atoms with E-state index in [4.69, 9.17) is 38.0 Å². The molecular weight excluding hydrogens is 483 g/mol. The number of benzene rings is 3. The Bertz CT molecular complexity index is 1340. The smallest absolute Gasteiger partial charge is 0.303 e. The number of hydrogen-bond donors (Lipinski definition) is 1. The molecule has 0 unspecified atom stereocenters. The van der Waals surface area contributed by atoms with Gasteiger partial charge in [0.25, 0.3) is 0 Å². The van der Waals surface area contributed by atoms with Crippen molar-refractivity contribution in [2.24, 2.45) is 7.05 Å². The van der Waals surface area contributed by atoms with Crippen LogP contribution in [0.15, 0.2) is 72.9 Å². The molecule has 1 aromatic heterocycles. The lowest BCUT2D eigenvalue weighted by molar-refractivity contribution is -0.137. The van der Waals surface area contributed by atoms with Crippen LogP contribution in [-0.4, -0.2) is 27.2 Å². The lowest BCUT2D eigenvalue weighted by atomic mass is 10.0.